The highest BCUT2D eigenvalue weighted by molar-refractivity contribution is 5.97. The molecule has 2 N–H and O–H groups in total. The molecule has 0 saturated carbocycles. The molecule has 2 aromatic carbocycles. The number of carbonyl (C=O) groups is 3. The summed E-state index contributed by atoms with van der Waals surface area (Å²) in [6.45, 7) is -1.86. The molecule has 0 aliphatic rings. The summed E-state index contributed by atoms with van der Waals surface area (Å²) in [6.07, 6.45) is -1.30. The average molecular weight is 378 g/mol. The summed E-state index contributed by atoms with van der Waals surface area (Å²) in [7, 11) is 0. The number of para-hydroxylation sites is 1. The van der Waals surface area contributed by atoms with Gasteiger partial charge in [0, 0.05) is 5.56 Å². The Morgan fingerprint density at radius 2 is 1.56 bits per heavy atom. The van der Waals surface area contributed by atoms with Crippen molar-refractivity contribution in [1.29, 1.82) is 0 Å². The Labute approximate surface area is 153 Å². The topological polar surface area (TPSA) is 93.7 Å². The maximum Gasteiger partial charge on any atom is 0.387 e. The third-order valence-corrected chi connectivity index (χ3v) is 3.31. The zero-order chi connectivity index (χ0) is 19.8. The Balaban J connectivity index is 1.92. The van der Waals surface area contributed by atoms with E-state index in [1.165, 1.54) is 31.2 Å². The first-order chi connectivity index (χ1) is 12.9. The van der Waals surface area contributed by atoms with Crippen LogP contribution in [0.15, 0.2) is 54.6 Å². The molecule has 1 atom stereocenters. The van der Waals surface area contributed by atoms with Crippen LogP contribution in [0.25, 0.3) is 0 Å². The molecule has 9 heteroatoms. The molecule has 7 nitrogen and oxygen atoms in total. The zero-order valence-electron chi connectivity index (χ0n) is 14.1. The Morgan fingerprint density at radius 1 is 0.926 bits per heavy atom. The van der Waals surface area contributed by atoms with Gasteiger partial charge in [-0.15, -0.1) is 0 Å². The van der Waals surface area contributed by atoms with Crippen LogP contribution < -0.4 is 15.6 Å². The van der Waals surface area contributed by atoms with Crippen LogP contribution in [0.1, 0.15) is 27.6 Å². The van der Waals surface area contributed by atoms with Crippen LogP contribution in [-0.4, -0.2) is 30.5 Å². The predicted molar refractivity (Wildman–Crippen MR) is 90.0 cm³/mol. The summed E-state index contributed by atoms with van der Waals surface area (Å²) < 4.78 is 34.0. The number of benzene rings is 2. The summed E-state index contributed by atoms with van der Waals surface area (Å²) in [5, 5.41) is 0. The fraction of sp³-hybridized carbons (Fsp3) is 0.167. The Hall–Kier alpha value is -3.49. The van der Waals surface area contributed by atoms with Gasteiger partial charge in [0.2, 0.25) is 0 Å². The molecule has 0 aliphatic carbocycles. The number of nitrogens with one attached hydrogen (secondary N) is 2. The highest BCUT2D eigenvalue weighted by atomic mass is 19.3. The minimum atomic E-state index is -3.12. The van der Waals surface area contributed by atoms with E-state index in [4.69, 9.17) is 4.74 Å². The van der Waals surface area contributed by atoms with E-state index in [1.807, 2.05) is 0 Å². The van der Waals surface area contributed by atoms with E-state index in [9.17, 15) is 23.2 Å². The second-order valence-corrected chi connectivity index (χ2v) is 5.23. The number of hydrogen-bond donors (Lipinski definition) is 2. The van der Waals surface area contributed by atoms with Crippen molar-refractivity contribution in [3.8, 4) is 5.75 Å². The van der Waals surface area contributed by atoms with Crippen LogP contribution >= 0.6 is 0 Å². The SMILES string of the molecule is C[C@H](OC(=O)c1ccccc1OC(F)F)C(=O)NNC(=O)c1ccccc1. The molecule has 0 aromatic heterocycles. The molecule has 27 heavy (non-hydrogen) atoms. The number of ether oxygens (including phenoxy) is 2. The van der Waals surface area contributed by atoms with E-state index >= 15 is 0 Å². The molecule has 142 valence electrons. The molecule has 2 rings (SSSR count). The molecule has 0 radical (unpaired) electrons. The summed E-state index contributed by atoms with van der Waals surface area (Å²) in [4.78, 5) is 35.9. The van der Waals surface area contributed by atoms with Crippen molar-refractivity contribution >= 4 is 17.8 Å². The molecule has 0 heterocycles. The van der Waals surface area contributed by atoms with Crippen LogP contribution in [-0.2, 0) is 9.53 Å². The third kappa shape index (κ3) is 5.77. The van der Waals surface area contributed by atoms with Gasteiger partial charge in [-0.1, -0.05) is 30.3 Å². The molecule has 0 aliphatic heterocycles. The van der Waals surface area contributed by atoms with Gasteiger partial charge < -0.3 is 9.47 Å². The van der Waals surface area contributed by atoms with Gasteiger partial charge in [0.25, 0.3) is 11.8 Å². The first-order valence-corrected chi connectivity index (χ1v) is 7.78. The number of hydrogen-bond acceptors (Lipinski definition) is 5. The van der Waals surface area contributed by atoms with Gasteiger partial charge in [-0.2, -0.15) is 8.78 Å². The Bertz CT molecular complexity index is 814. The van der Waals surface area contributed by atoms with Gasteiger partial charge in [0.15, 0.2) is 6.10 Å². The lowest BCUT2D eigenvalue weighted by atomic mass is 10.2. The van der Waals surface area contributed by atoms with E-state index in [2.05, 4.69) is 15.6 Å². The number of esters is 1. The summed E-state index contributed by atoms with van der Waals surface area (Å²) in [6, 6.07) is 13.4. The molecule has 0 unspecified atom stereocenters. The molecular formula is C18H16F2N2O5. The van der Waals surface area contributed by atoms with Crippen molar-refractivity contribution in [2.45, 2.75) is 19.6 Å². The molecular weight excluding hydrogens is 362 g/mol. The van der Waals surface area contributed by atoms with Gasteiger partial charge in [0.1, 0.15) is 11.3 Å². The fourth-order valence-electron chi connectivity index (χ4n) is 1.99. The summed E-state index contributed by atoms with van der Waals surface area (Å²) in [5.41, 5.74) is 4.36. The van der Waals surface area contributed by atoms with E-state index in [1.54, 1.807) is 30.3 Å². The molecule has 0 saturated heterocycles. The minimum Gasteiger partial charge on any atom is -0.449 e. The summed E-state index contributed by atoms with van der Waals surface area (Å²) in [5.74, 6) is -2.76. The lowest BCUT2D eigenvalue weighted by molar-refractivity contribution is -0.129. The number of amides is 2. The van der Waals surface area contributed by atoms with Crippen LogP contribution in [0, 0.1) is 0 Å². The van der Waals surface area contributed by atoms with Crippen LogP contribution in [0.3, 0.4) is 0 Å². The van der Waals surface area contributed by atoms with E-state index in [-0.39, 0.29) is 11.3 Å². The molecule has 2 aromatic rings. The van der Waals surface area contributed by atoms with Crippen molar-refractivity contribution in [2.75, 3.05) is 0 Å². The van der Waals surface area contributed by atoms with E-state index in [0.717, 1.165) is 0 Å². The molecule has 0 bridgehead atoms. The Morgan fingerprint density at radius 3 is 2.22 bits per heavy atom. The fourth-order valence-corrected chi connectivity index (χ4v) is 1.99. The van der Waals surface area contributed by atoms with E-state index < -0.39 is 30.5 Å². The number of rotatable bonds is 6. The monoisotopic (exact) mass is 378 g/mol. The normalized spacial score (nSPS) is 11.4. The lowest BCUT2D eigenvalue weighted by Crippen LogP contribution is -2.46. The predicted octanol–water partition coefficient (Wildman–Crippen LogP) is 2.29. The Kier molecular flexibility index (Phi) is 6.81. The van der Waals surface area contributed by atoms with Gasteiger partial charge >= 0.3 is 12.6 Å². The van der Waals surface area contributed by atoms with E-state index in [0.29, 0.717) is 5.56 Å². The van der Waals surface area contributed by atoms with Gasteiger partial charge in [-0.3, -0.25) is 20.4 Å². The lowest BCUT2D eigenvalue weighted by Gasteiger charge is -2.15. The second kappa shape index (κ2) is 9.27. The van der Waals surface area contributed by atoms with Crippen molar-refractivity contribution in [3.63, 3.8) is 0 Å². The zero-order valence-corrected chi connectivity index (χ0v) is 14.1. The maximum absolute atomic E-state index is 12.4. The molecule has 2 amide bonds. The molecule has 0 fully saturated rings. The van der Waals surface area contributed by atoms with Crippen LogP contribution in [0.4, 0.5) is 8.78 Å². The number of alkyl halides is 2. The smallest absolute Gasteiger partial charge is 0.387 e. The number of carbonyl (C=O) groups excluding carboxylic acids is 3. The second-order valence-electron chi connectivity index (χ2n) is 5.23. The van der Waals surface area contributed by atoms with Crippen LogP contribution in [0.2, 0.25) is 0 Å². The summed E-state index contributed by atoms with van der Waals surface area (Å²) >= 11 is 0. The van der Waals surface area contributed by atoms with Gasteiger partial charge in [-0.25, -0.2) is 4.79 Å². The van der Waals surface area contributed by atoms with Crippen molar-refractivity contribution in [2.24, 2.45) is 0 Å². The highest BCUT2D eigenvalue weighted by Crippen LogP contribution is 2.21. The first-order valence-electron chi connectivity index (χ1n) is 7.78. The van der Waals surface area contributed by atoms with Crippen molar-refractivity contribution in [3.05, 3.63) is 65.7 Å². The largest absolute Gasteiger partial charge is 0.449 e. The standard InChI is InChI=1S/C18H16F2N2O5/c1-11(15(23)21-22-16(24)12-7-3-2-4-8-12)26-17(25)13-9-5-6-10-14(13)27-18(19)20/h2-11,18H,1H3,(H,21,23)(H,22,24)/t11-/m0/s1. The highest BCUT2D eigenvalue weighted by Gasteiger charge is 2.22. The van der Waals surface area contributed by atoms with Crippen molar-refractivity contribution in [1.82, 2.24) is 10.9 Å². The minimum absolute atomic E-state index is 0.259. The third-order valence-electron chi connectivity index (χ3n) is 3.31. The quantitative estimate of drug-likeness (QED) is 0.594. The van der Waals surface area contributed by atoms with Gasteiger partial charge in [-0.05, 0) is 31.2 Å². The van der Waals surface area contributed by atoms with Crippen molar-refractivity contribution < 1.29 is 32.6 Å². The average Bonchev–Trinajstić information content (AvgIpc) is 2.66. The first kappa shape index (κ1) is 19.8. The maximum atomic E-state index is 12.4. The number of halogens is 2. The number of hydrazine groups is 1. The molecule has 0 spiro atoms. The van der Waals surface area contributed by atoms with Gasteiger partial charge in [0.05, 0.1) is 0 Å². The van der Waals surface area contributed by atoms with Crippen LogP contribution in [0.5, 0.6) is 5.75 Å².